The Morgan fingerprint density at radius 1 is 0.824 bits per heavy atom. The van der Waals surface area contributed by atoms with Gasteiger partial charge in [0, 0.05) is 52.4 Å². The van der Waals surface area contributed by atoms with Crippen molar-refractivity contribution in [2.24, 2.45) is 5.92 Å². The zero-order chi connectivity index (χ0) is 12.7. The molecular weight excluding hydrogens is 210 g/mol. The molecule has 0 aromatic rings. The average Bonchev–Trinajstić information content (AvgIpc) is 2.36. The summed E-state index contributed by atoms with van der Waals surface area (Å²) in [5, 5.41) is 0. The van der Waals surface area contributed by atoms with E-state index >= 15 is 0 Å². The molecule has 2 aliphatic heterocycles. The summed E-state index contributed by atoms with van der Waals surface area (Å²) in [7, 11) is 0. The van der Waals surface area contributed by atoms with Crippen LogP contribution in [-0.4, -0.2) is 73.6 Å². The highest BCUT2D eigenvalue weighted by Crippen LogP contribution is 2.13. The van der Waals surface area contributed by atoms with Crippen molar-refractivity contribution < 1.29 is 0 Å². The van der Waals surface area contributed by atoms with E-state index < -0.39 is 0 Å². The second-order valence-corrected chi connectivity index (χ2v) is 5.14. The molecule has 2 saturated heterocycles. The standard InChI is InChI=1S/C12H25N3.C2H6/c1-3-13-4-6-14(7-5-13)8-9-15-10-12(2)11-15;1-2/h12H,3-11H2,1-2H3;1-2H3. The minimum atomic E-state index is 0.946. The first-order valence-corrected chi connectivity index (χ1v) is 7.45. The van der Waals surface area contributed by atoms with Crippen molar-refractivity contribution in [2.45, 2.75) is 27.7 Å². The molecule has 0 N–H and O–H groups in total. The summed E-state index contributed by atoms with van der Waals surface area (Å²) < 4.78 is 0. The van der Waals surface area contributed by atoms with Crippen LogP contribution in [0.1, 0.15) is 27.7 Å². The van der Waals surface area contributed by atoms with Gasteiger partial charge in [0.1, 0.15) is 0 Å². The molecule has 0 atom stereocenters. The summed E-state index contributed by atoms with van der Waals surface area (Å²) in [4.78, 5) is 7.74. The number of hydrogen-bond donors (Lipinski definition) is 0. The fraction of sp³-hybridized carbons (Fsp3) is 1.00. The maximum absolute atomic E-state index is 2.62. The lowest BCUT2D eigenvalue weighted by Gasteiger charge is -2.40. The Labute approximate surface area is 108 Å². The molecule has 0 aromatic heterocycles. The van der Waals surface area contributed by atoms with Crippen molar-refractivity contribution in [2.75, 3.05) is 58.9 Å². The highest BCUT2D eigenvalue weighted by Gasteiger charge is 2.23. The lowest BCUT2D eigenvalue weighted by Crippen LogP contribution is -2.51. The van der Waals surface area contributed by atoms with E-state index in [1.807, 2.05) is 13.8 Å². The van der Waals surface area contributed by atoms with Crippen LogP contribution in [0.25, 0.3) is 0 Å². The van der Waals surface area contributed by atoms with Crippen molar-refractivity contribution in [1.82, 2.24) is 14.7 Å². The van der Waals surface area contributed by atoms with Gasteiger partial charge in [-0.15, -0.1) is 0 Å². The van der Waals surface area contributed by atoms with Crippen molar-refractivity contribution in [3.63, 3.8) is 0 Å². The monoisotopic (exact) mass is 241 g/mol. The molecule has 0 aromatic carbocycles. The van der Waals surface area contributed by atoms with Gasteiger partial charge >= 0.3 is 0 Å². The summed E-state index contributed by atoms with van der Waals surface area (Å²) >= 11 is 0. The molecule has 2 heterocycles. The van der Waals surface area contributed by atoms with Crippen molar-refractivity contribution in [3.8, 4) is 0 Å². The van der Waals surface area contributed by atoms with E-state index in [0.29, 0.717) is 0 Å². The van der Waals surface area contributed by atoms with E-state index in [9.17, 15) is 0 Å². The topological polar surface area (TPSA) is 9.72 Å². The molecule has 0 aliphatic carbocycles. The van der Waals surface area contributed by atoms with Gasteiger partial charge in [-0.05, 0) is 12.5 Å². The van der Waals surface area contributed by atoms with Gasteiger partial charge in [0.25, 0.3) is 0 Å². The quantitative estimate of drug-likeness (QED) is 0.740. The molecule has 2 fully saturated rings. The molecule has 0 amide bonds. The first-order valence-electron chi connectivity index (χ1n) is 7.45. The highest BCUT2D eigenvalue weighted by atomic mass is 15.3. The summed E-state index contributed by atoms with van der Waals surface area (Å²) in [5.74, 6) is 0.946. The Kier molecular flexibility index (Phi) is 7.09. The average molecular weight is 241 g/mol. The molecule has 3 nitrogen and oxygen atoms in total. The first kappa shape index (κ1) is 14.9. The zero-order valence-corrected chi connectivity index (χ0v) is 12.3. The van der Waals surface area contributed by atoms with Crippen molar-refractivity contribution >= 4 is 0 Å². The summed E-state index contributed by atoms with van der Waals surface area (Å²) in [5.41, 5.74) is 0. The molecule has 0 bridgehead atoms. The maximum Gasteiger partial charge on any atom is 0.0110 e. The number of hydrogen-bond acceptors (Lipinski definition) is 3. The molecular formula is C14H31N3. The summed E-state index contributed by atoms with van der Waals surface area (Å²) in [6.45, 7) is 20.1. The third-order valence-electron chi connectivity index (χ3n) is 3.78. The Morgan fingerprint density at radius 2 is 1.29 bits per heavy atom. The number of likely N-dealkylation sites (tertiary alicyclic amines) is 1. The van der Waals surface area contributed by atoms with Crippen LogP contribution in [-0.2, 0) is 0 Å². The fourth-order valence-corrected chi connectivity index (χ4v) is 2.62. The SMILES string of the molecule is CC.CCN1CCN(CCN2CC(C)C2)CC1. The second-order valence-electron chi connectivity index (χ2n) is 5.14. The van der Waals surface area contributed by atoms with Crippen molar-refractivity contribution in [1.29, 1.82) is 0 Å². The Bertz CT molecular complexity index is 182. The van der Waals surface area contributed by atoms with Crippen LogP contribution in [0.15, 0.2) is 0 Å². The van der Waals surface area contributed by atoms with Crippen LogP contribution in [0.2, 0.25) is 0 Å². The van der Waals surface area contributed by atoms with Crippen LogP contribution in [0, 0.1) is 5.92 Å². The molecule has 0 saturated carbocycles. The van der Waals surface area contributed by atoms with Crippen LogP contribution in [0.4, 0.5) is 0 Å². The Morgan fingerprint density at radius 3 is 1.76 bits per heavy atom. The molecule has 102 valence electrons. The van der Waals surface area contributed by atoms with Crippen LogP contribution < -0.4 is 0 Å². The third-order valence-corrected chi connectivity index (χ3v) is 3.78. The van der Waals surface area contributed by atoms with Crippen LogP contribution in [0.3, 0.4) is 0 Å². The summed E-state index contributed by atoms with van der Waals surface area (Å²) in [6, 6.07) is 0. The predicted molar refractivity (Wildman–Crippen MR) is 75.5 cm³/mol. The van der Waals surface area contributed by atoms with Gasteiger partial charge in [0.05, 0.1) is 0 Å². The van der Waals surface area contributed by atoms with Gasteiger partial charge in [-0.25, -0.2) is 0 Å². The number of rotatable bonds is 4. The van der Waals surface area contributed by atoms with Crippen molar-refractivity contribution in [3.05, 3.63) is 0 Å². The number of nitrogens with zero attached hydrogens (tertiary/aromatic N) is 3. The number of piperazine rings is 1. The molecule has 0 spiro atoms. The summed E-state index contributed by atoms with van der Waals surface area (Å²) in [6.07, 6.45) is 0. The normalized spacial score (nSPS) is 24.0. The van der Waals surface area contributed by atoms with Crippen LogP contribution >= 0.6 is 0 Å². The van der Waals surface area contributed by atoms with Gasteiger partial charge in [-0.1, -0.05) is 27.7 Å². The molecule has 3 heteroatoms. The van der Waals surface area contributed by atoms with E-state index in [1.54, 1.807) is 0 Å². The molecule has 2 rings (SSSR count). The predicted octanol–water partition coefficient (Wildman–Crippen LogP) is 1.60. The Hall–Kier alpha value is -0.120. The lowest BCUT2D eigenvalue weighted by molar-refractivity contribution is 0.0774. The zero-order valence-electron chi connectivity index (χ0n) is 12.3. The fourth-order valence-electron chi connectivity index (χ4n) is 2.62. The van der Waals surface area contributed by atoms with Gasteiger partial charge in [-0.2, -0.15) is 0 Å². The Balaban J connectivity index is 0.000000686. The van der Waals surface area contributed by atoms with E-state index in [4.69, 9.17) is 0 Å². The minimum Gasteiger partial charge on any atom is -0.301 e. The van der Waals surface area contributed by atoms with Gasteiger partial charge in [0.15, 0.2) is 0 Å². The molecule has 17 heavy (non-hydrogen) atoms. The van der Waals surface area contributed by atoms with E-state index in [1.165, 1.54) is 58.9 Å². The molecule has 0 radical (unpaired) electrons. The van der Waals surface area contributed by atoms with E-state index in [0.717, 1.165) is 5.92 Å². The largest absolute Gasteiger partial charge is 0.301 e. The van der Waals surface area contributed by atoms with Gasteiger partial charge < -0.3 is 9.80 Å². The van der Waals surface area contributed by atoms with E-state index in [-0.39, 0.29) is 0 Å². The highest BCUT2D eigenvalue weighted by molar-refractivity contribution is 4.78. The molecule has 0 unspecified atom stereocenters. The first-order chi connectivity index (χ1) is 8.28. The number of likely N-dealkylation sites (N-methyl/N-ethyl adjacent to an activating group) is 1. The molecule has 2 aliphatic rings. The van der Waals surface area contributed by atoms with Gasteiger partial charge in [-0.3, -0.25) is 4.90 Å². The minimum absolute atomic E-state index is 0.946. The third kappa shape index (κ3) is 4.94. The second kappa shape index (κ2) is 8.06. The van der Waals surface area contributed by atoms with E-state index in [2.05, 4.69) is 28.5 Å². The van der Waals surface area contributed by atoms with Crippen LogP contribution in [0.5, 0.6) is 0 Å². The lowest BCUT2D eigenvalue weighted by atomic mass is 10.0. The maximum atomic E-state index is 2.62. The smallest absolute Gasteiger partial charge is 0.0110 e. The van der Waals surface area contributed by atoms with Gasteiger partial charge in [0.2, 0.25) is 0 Å².